The van der Waals surface area contributed by atoms with E-state index in [1.807, 2.05) is 0 Å². The summed E-state index contributed by atoms with van der Waals surface area (Å²) in [6, 6.07) is 4.46. The topological polar surface area (TPSA) is 40.7 Å². The van der Waals surface area contributed by atoms with E-state index in [1.165, 1.54) is 6.07 Å². The molecule has 3 rings (SSSR count). The number of nitrogens with zero attached hydrogens (tertiary/aromatic N) is 1. The maximum Gasteiger partial charge on any atom is 0.129 e. The minimum atomic E-state index is -0.300. The quantitative estimate of drug-likeness (QED) is 0.817. The standard InChI is InChI=1S/C12H11ClFN3/c13-7-2-1-3-8(14)10(7)12-11-9(4-5-15-12)16-6-17-11/h1-3,6,12,15H,4-5H2,(H,16,17). The fraction of sp³-hybridized carbons (Fsp3) is 0.250. The van der Waals surface area contributed by atoms with Crippen molar-refractivity contribution in [1.29, 1.82) is 0 Å². The highest BCUT2D eigenvalue weighted by Crippen LogP contribution is 2.32. The fourth-order valence-corrected chi connectivity index (χ4v) is 2.52. The Hall–Kier alpha value is -1.39. The van der Waals surface area contributed by atoms with Gasteiger partial charge in [-0.2, -0.15) is 0 Å². The summed E-state index contributed by atoms with van der Waals surface area (Å²) in [4.78, 5) is 7.33. The van der Waals surface area contributed by atoms with Gasteiger partial charge in [-0.3, -0.25) is 0 Å². The van der Waals surface area contributed by atoms with Crippen LogP contribution in [0, 0.1) is 5.82 Å². The molecule has 5 heteroatoms. The molecule has 1 aromatic heterocycles. The number of fused-ring (bicyclic) bond motifs is 1. The van der Waals surface area contributed by atoms with Crippen LogP contribution in [0.3, 0.4) is 0 Å². The van der Waals surface area contributed by atoms with Crippen LogP contribution in [0.4, 0.5) is 4.39 Å². The summed E-state index contributed by atoms with van der Waals surface area (Å²) in [7, 11) is 0. The van der Waals surface area contributed by atoms with Crippen LogP contribution in [-0.2, 0) is 6.42 Å². The molecule has 0 spiro atoms. The molecule has 0 fully saturated rings. The Labute approximate surface area is 103 Å². The molecule has 3 nitrogen and oxygen atoms in total. The zero-order chi connectivity index (χ0) is 11.8. The third kappa shape index (κ3) is 1.73. The van der Waals surface area contributed by atoms with Crippen molar-refractivity contribution in [3.63, 3.8) is 0 Å². The van der Waals surface area contributed by atoms with Crippen LogP contribution in [0.1, 0.15) is 23.0 Å². The molecule has 0 saturated carbocycles. The number of rotatable bonds is 1. The average molecular weight is 252 g/mol. The van der Waals surface area contributed by atoms with Crippen molar-refractivity contribution in [1.82, 2.24) is 15.3 Å². The summed E-state index contributed by atoms with van der Waals surface area (Å²) < 4.78 is 13.9. The van der Waals surface area contributed by atoms with Gasteiger partial charge in [-0.1, -0.05) is 17.7 Å². The summed E-state index contributed by atoms with van der Waals surface area (Å²) in [5, 5.41) is 3.68. The summed E-state index contributed by atoms with van der Waals surface area (Å²) >= 11 is 6.08. The Kier molecular flexibility index (Phi) is 2.61. The van der Waals surface area contributed by atoms with Crippen molar-refractivity contribution < 1.29 is 4.39 Å². The molecule has 88 valence electrons. The molecular formula is C12H11ClFN3. The van der Waals surface area contributed by atoms with Gasteiger partial charge in [-0.25, -0.2) is 9.37 Å². The number of H-pyrrole nitrogens is 1. The van der Waals surface area contributed by atoms with Crippen LogP contribution in [0.25, 0.3) is 0 Å². The second-order valence-electron chi connectivity index (χ2n) is 4.04. The number of hydrogen-bond acceptors (Lipinski definition) is 2. The largest absolute Gasteiger partial charge is 0.348 e. The van der Waals surface area contributed by atoms with Gasteiger partial charge in [0, 0.05) is 29.2 Å². The molecule has 1 atom stereocenters. The predicted octanol–water partition coefficient (Wildman–Crippen LogP) is 2.44. The number of benzene rings is 1. The second kappa shape index (κ2) is 4.13. The molecular weight excluding hydrogens is 241 g/mol. The first-order valence-corrected chi connectivity index (χ1v) is 5.84. The van der Waals surface area contributed by atoms with E-state index in [0.29, 0.717) is 10.6 Å². The Morgan fingerprint density at radius 3 is 3.12 bits per heavy atom. The van der Waals surface area contributed by atoms with Crippen molar-refractivity contribution in [3.05, 3.63) is 52.3 Å². The molecule has 17 heavy (non-hydrogen) atoms. The molecule has 0 saturated heterocycles. The molecule has 2 N–H and O–H groups in total. The third-order valence-corrected chi connectivity index (χ3v) is 3.37. The van der Waals surface area contributed by atoms with Gasteiger partial charge in [0.05, 0.1) is 18.1 Å². The summed E-state index contributed by atoms with van der Waals surface area (Å²) in [6.07, 6.45) is 2.51. The van der Waals surface area contributed by atoms with Crippen LogP contribution < -0.4 is 5.32 Å². The van der Waals surface area contributed by atoms with Gasteiger partial charge < -0.3 is 10.3 Å². The van der Waals surface area contributed by atoms with Gasteiger partial charge in [-0.15, -0.1) is 0 Å². The fourth-order valence-electron chi connectivity index (χ4n) is 2.24. The van der Waals surface area contributed by atoms with Gasteiger partial charge in [0.2, 0.25) is 0 Å². The first-order chi connectivity index (χ1) is 8.27. The normalized spacial score (nSPS) is 19.1. The Bertz CT molecular complexity index is 532. The third-order valence-electron chi connectivity index (χ3n) is 3.04. The molecule has 1 aliphatic rings. The minimum Gasteiger partial charge on any atom is -0.348 e. The summed E-state index contributed by atoms with van der Waals surface area (Å²) in [6.45, 7) is 0.782. The van der Waals surface area contributed by atoms with E-state index < -0.39 is 0 Å². The van der Waals surface area contributed by atoms with E-state index in [1.54, 1.807) is 18.5 Å². The second-order valence-corrected chi connectivity index (χ2v) is 4.45. The average Bonchev–Trinajstić information content (AvgIpc) is 2.77. The van der Waals surface area contributed by atoms with Crippen LogP contribution in [-0.4, -0.2) is 16.5 Å². The minimum absolute atomic E-state index is 0.265. The number of imidazole rings is 1. The lowest BCUT2D eigenvalue weighted by Gasteiger charge is -2.24. The molecule has 0 bridgehead atoms. The van der Waals surface area contributed by atoms with Crippen molar-refractivity contribution in [3.8, 4) is 0 Å². The highest BCUT2D eigenvalue weighted by atomic mass is 35.5. The summed E-state index contributed by atoms with van der Waals surface area (Å²) in [5.74, 6) is -0.300. The van der Waals surface area contributed by atoms with E-state index in [2.05, 4.69) is 15.3 Å². The highest BCUT2D eigenvalue weighted by molar-refractivity contribution is 6.31. The number of halogens is 2. The van der Waals surface area contributed by atoms with E-state index >= 15 is 0 Å². The van der Waals surface area contributed by atoms with Gasteiger partial charge in [-0.05, 0) is 12.1 Å². The Morgan fingerprint density at radius 2 is 2.29 bits per heavy atom. The Balaban J connectivity index is 2.13. The Morgan fingerprint density at radius 1 is 1.41 bits per heavy atom. The molecule has 2 heterocycles. The smallest absolute Gasteiger partial charge is 0.129 e. The number of hydrogen-bond donors (Lipinski definition) is 2. The molecule has 0 aliphatic carbocycles. The van der Waals surface area contributed by atoms with E-state index in [-0.39, 0.29) is 11.9 Å². The summed E-state index contributed by atoms with van der Waals surface area (Å²) in [5.41, 5.74) is 2.36. The first kappa shape index (κ1) is 10.7. The molecule has 0 amide bonds. The van der Waals surface area contributed by atoms with Crippen molar-refractivity contribution in [2.45, 2.75) is 12.5 Å². The lowest BCUT2D eigenvalue weighted by molar-refractivity contribution is 0.519. The maximum atomic E-state index is 13.9. The zero-order valence-corrected chi connectivity index (χ0v) is 9.76. The van der Waals surface area contributed by atoms with Crippen molar-refractivity contribution >= 4 is 11.6 Å². The van der Waals surface area contributed by atoms with Crippen LogP contribution in [0.15, 0.2) is 24.5 Å². The van der Waals surface area contributed by atoms with Crippen molar-refractivity contribution in [2.24, 2.45) is 0 Å². The van der Waals surface area contributed by atoms with E-state index in [0.717, 1.165) is 24.4 Å². The lowest BCUT2D eigenvalue weighted by atomic mass is 9.97. The van der Waals surface area contributed by atoms with Gasteiger partial charge in [0.15, 0.2) is 0 Å². The zero-order valence-electron chi connectivity index (χ0n) is 9.00. The van der Waals surface area contributed by atoms with Gasteiger partial charge in [0.1, 0.15) is 5.82 Å². The van der Waals surface area contributed by atoms with E-state index in [4.69, 9.17) is 11.6 Å². The van der Waals surface area contributed by atoms with Crippen molar-refractivity contribution in [2.75, 3.05) is 6.54 Å². The van der Waals surface area contributed by atoms with Crippen LogP contribution in [0.5, 0.6) is 0 Å². The first-order valence-electron chi connectivity index (χ1n) is 5.47. The van der Waals surface area contributed by atoms with Gasteiger partial charge in [0.25, 0.3) is 0 Å². The van der Waals surface area contributed by atoms with E-state index in [9.17, 15) is 4.39 Å². The van der Waals surface area contributed by atoms with Crippen LogP contribution in [0.2, 0.25) is 5.02 Å². The van der Waals surface area contributed by atoms with Gasteiger partial charge >= 0.3 is 0 Å². The van der Waals surface area contributed by atoms with Crippen LogP contribution >= 0.6 is 11.6 Å². The SMILES string of the molecule is Fc1cccc(Cl)c1C1NCCc2[nH]cnc21. The molecule has 1 unspecified atom stereocenters. The molecule has 2 aromatic rings. The lowest BCUT2D eigenvalue weighted by Crippen LogP contribution is -2.31. The maximum absolute atomic E-state index is 13.9. The monoisotopic (exact) mass is 251 g/mol. The molecule has 0 radical (unpaired) electrons. The number of nitrogens with one attached hydrogen (secondary N) is 2. The highest BCUT2D eigenvalue weighted by Gasteiger charge is 2.27. The number of aromatic amines is 1. The molecule has 1 aliphatic heterocycles. The molecule has 1 aromatic carbocycles. The predicted molar refractivity (Wildman–Crippen MR) is 63.5 cm³/mol. The number of aromatic nitrogens is 2.